The fraction of sp³-hybridized carbons (Fsp3) is 0.455. The number of pyridine rings is 1. The lowest BCUT2D eigenvalue weighted by atomic mass is 10.0. The van der Waals surface area contributed by atoms with Crippen LogP contribution in [0.25, 0.3) is 0 Å². The van der Waals surface area contributed by atoms with Gasteiger partial charge in [0.25, 0.3) is 5.91 Å². The maximum atomic E-state index is 10.9. The Kier molecular flexibility index (Phi) is 4.25. The van der Waals surface area contributed by atoms with E-state index in [2.05, 4.69) is 17.2 Å². The van der Waals surface area contributed by atoms with Gasteiger partial charge in [-0.05, 0) is 31.5 Å². The van der Waals surface area contributed by atoms with Gasteiger partial charge in [-0.2, -0.15) is 0 Å². The van der Waals surface area contributed by atoms with Gasteiger partial charge in [0.15, 0.2) is 0 Å². The number of rotatable bonds is 5. The lowest BCUT2D eigenvalue weighted by molar-refractivity contribution is 0.0995. The van der Waals surface area contributed by atoms with Crippen LogP contribution in [0.4, 0.5) is 5.69 Å². The summed E-state index contributed by atoms with van der Waals surface area (Å²) in [6.45, 7) is 4.72. The molecule has 0 aliphatic rings. The van der Waals surface area contributed by atoms with Gasteiger partial charge in [0.2, 0.25) is 0 Å². The summed E-state index contributed by atoms with van der Waals surface area (Å²) in [5.41, 5.74) is 11.8. The van der Waals surface area contributed by atoms with Crippen LogP contribution in [0.3, 0.4) is 0 Å². The average Bonchev–Trinajstić information content (AvgIpc) is 2.28. The van der Waals surface area contributed by atoms with Crippen LogP contribution in [-0.4, -0.2) is 23.5 Å². The third kappa shape index (κ3) is 3.20. The third-order valence-electron chi connectivity index (χ3n) is 2.63. The highest BCUT2D eigenvalue weighted by molar-refractivity contribution is 5.91. The highest BCUT2D eigenvalue weighted by Crippen LogP contribution is 2.12. The molecule has 1 heterocycles. The zero-order valence-electron chi connectivity index (χ0n) is 9.60. The van der Waals surface area contributed by atoms with Crippen LogP contribution >= 0.6 is 0 Å². The van der Waals surface area contributed by atoms with Gasteiger partial charge < -0.3 is 16.8 Å². The van der Waals surface area contributed by atoms with Crippen molar-refractivity contribution in [2.75, 3.05) is 11.9 Å². The van der Waals surface area contributed by atoms with E-state index in [1.165, 1.54) is 0 Å². The second-order valence-corrected chi connectivity index (χ2v) is 3.94. The Morgan fingerprint density at radius 2 is 2.25 bits per heavy atom. The molecule has 1 rings (SSSR count). The predicted molar refractivity (Wildman–Crippen MR) is 64.1 cm³/mol. The zero-order valence-corrected chi connectivity index (χ0v) is 9.60. The summed E-state index contributed by atoms with van der Waals surface area (Å²) >= 11 is 0. The largest absolute Gasteiger partial charge is 0.382 e. The highest BCUT2D eigenvalue weighted by Gasteiger charge is 2.11. The standard InChI is InChI=1S/C11H18N4O/c1-7(6-12)8(2)15-9-3-4-14-10(5-9)11(13)16/h3-5,7-8H,6,12H2,1-2H3,(H2,13,16)(H,14,15). The van der Waals surface area contributed by atoms with Gasteiger partial charge in [-0.3, -0.25) is 9.78 Å². The second-order valence-electron chi connectivity index (χ2n) is 3.94. The van der Waals surface area contributed by atoms with E-state index < -0.39 is 5.91 Å². The van der Waals surface area contributed by atoms with Crippen LogP contribution < -0.4 is 16.8 Å². The first-order chi connectivity index (χ1) is 7.54. The Balaban J connectivity index is 2.74. The highest BCUT2D eigenvalue weighted by atomic mass is 16.1. The van der Waals surface area contributed by atoms with Crippen molar-refractivity contribution in [1.29, 1.82) is 0 Å². The number of nitrogens with two attached hydrogens (primary N) is 2. The average molecular weight is 222 g/mol. The summed E-state index contributed by atoms with van der Waals surface area (Å²) in [5.74, 6) is -0.173. The second kappa shape index (κ2) is 5.46. The van der Waals surface area contributed by atoms with E-state index in [0.717, 1.165) is 5.69 Å². The molecule has 1 aromatic heterocycles. The van der Waals surface area contributed by atoms with Crippen molar-refractivity contribution in [2.45, 2.75) is 19.9 Å². The molecule has 2 unspecified atom stereocenters. The van der Waals surface area contributed by atoms with Gasteiger partial charge in [0.1, 0.15) is 5.69 Å². The zero-order chi connectivity index (χ0) is 12.1. The van der Waals surface area contributed by atoms with Crippen molar-refractivity contribution in [3.05, 3.63) is 24.0 Å². The summed E-state index contributed by atoms with van der Waals surface area (Å²) in [6, 6.07) is 3.67. The van der Waals surface area contributed by atoms with E-state index in [4.69, 9.17) is 11.5 Å². The Morgan fingerprint density at radius 1 is 1.56 bits per heavy atom. The smallest absolute Gasteiger partial charge is 0.267 e. The molecule has 0 fully saturated rings. The summed E-state index contributed by atoms with van der Waals surface area (Å²) in [5, 5.41) is 3.26. The Labute approximate surface area is 95.2 Å². The van der Waals surface area contributed by atoms with Gasteiger partial charge in [-0.25, -0.2) is 0 Å². The minimum absolute atomic E-state index is 0.230. The summed E-state index contributed by atoms with van der Waals surface area (Å²) in [4.78, 5) is 14.8. The van der Waals surface area contributed by atoms with Gasteiger partial charge in [0, 0.05) is 17.9 Å². The van der Waals surface area contributed by atoms with Gasteiger partial charge in [-0.1, -0.05) is 6.92 Å². The topological polar surface area (TPSA) is 94.0 Å². The van der Waals surface area contributed by atoms with E-state index >= 15 is 0 Å². The number of hydrogen-bond donors (Lipinski definition) is 3. The first-order valence-electron chi connectivity index (χ1n) is 5.27. The molecule has 0 aliphatic heterocycles. The molecule has 5 nitrogen and oxygen atoms in total. The molecule has 5 N–H and O–H groups in total. The Morgan fingerprint density at radius 3 is 2.81 bits per heavy atom. The van der Waals surface area contributed by atoms with Crippen LogP contribution in [-0.2, 0) is 0 Å². The van der Waals surface area contributed by atoms with E-state index in [1.807, 2.05) is 6.92 Å². The van der Waals surface area contributed by atoms with Gasteiger partial charge >= 0.3 is 0 Å². The lowest BCUT2D eigenvalue weighted by Gasteiger charge is -2.20. The molecule has 88 valence electrons. The monoisotopic (exact) mass is 222 g/mol. The molecule has 0 saturated carbocycles. The van der Waals surface area contributed by atoms with E-state index in [0.29, 0.717) is 12.5 Å². The molecule has 2 atom stereocenters. The first-order valence-corrected chi connectivity index (χ1v) is 5.27. The van der Waals surface area contributed by atoms with Gasteiger partial charge in [0.05, 0.1) is 0 Å². The number of anilines is 1. The third-order valence-corrected chi connectivity index (χ3v) is 2.63. The van der Waals surface area contributed by atoms with Crippen molar-refractivity contribution >= 4 is 11.6 Å². The summed E-state index contributed by atoms with van der Waals surface area (Å²) in [6.07, 6.45) is 1.56. The number of primary amides is 1. The summed E-state index contributed by atoms with van der Waals surface area (Å²) < 4.78 is 0. The number of hydrogen-bond acceptors (Lipinski definition) is 4. The molecule has 0 spiro atoms. The number of nitrogens with zero attached hydrogens (tertiary/aromatic N) is 1. The normalized spacial score (nSPS) is 14.2. The SMILES string of the molecule is CC(CN)C(C)Nc1ccnc(C(N)=O)c1. The molecule has 1 aromatic rings. The number of carbonyl (C=O) groups is 1. The molecule has 0 saturated heterocycles. The molecule has 0 aromatic carbocycles. The predicted octanol–water partition coefficient (Wildman–Crippen LogP) is 0.576. The quantitative estimate of drug-likeness (QED) is 0.679. The van der Waals surface area contributed by atoms with Crippen molar-refractivity contribution in [3.63, 3.8) is 0 Å². The molecule has 1 amide bonds. The minimum atomic E-state index is -0.525. The van der Waals surface area contributed by atoms with Crippen LogP contribution in [0.2, 0.25) is 0 Å². The molecule has 0 bridgehead atoms. The minimum Gasteiger partial charge on any atom is -0.382 e. The number of nitrogens with one attached hydrogen (secondary N) is 1. The molecular formula is C11H18N4O. The van der Waals surface area contributed by atoms with Crippen LogP contribution in [0.15, 0.2) is 18.3 Å². The molecule has 0 radical (unpaired) electrons. The number of carbonyl (C=O) groups excluding carboxylic acids is 1. The maximum absolute atomic E-state index is 10.9. The number of aromatic nitrogens is 1. The maximum Gasteiger partial charge on any atom is 0.267 e. The Bertz CT molecular complexity index is 367. The fourth-order valence-electron chi connectivity index (χ4n) is 1.26. The van der Waals surface area contributed by atoms with Crippen LogP contribution in [0.5, 0.6) is 0 Å². The summed E-state index contributed by atoms with van der Waals surface area (Å²) in [7, 11) is 0. The van der Waals surface area contributed by atoms with Crippen molar-refractivity contribution in [3.8, 4) is 0 Å². The first kappa shape index (κ1) is 12.4. The van der Waals surface area contributed by atoms with Gasteiger partial charge in [-0.15, -0.1) is 0 Å². The molecular weight excluding hydrogens is 204 g/mol. The molecule has 5 heteroatoms. The van der Waals surface area contributed by atoms with Crippen molar-refractivity contribution < 1.29 is 4.79 Å². The number of amides is 1. The van der Waals surface area contributed by atoms with E-state index in [-0.39, 0.29) is 11.7 Å². The Hall–Kier alpha value is -1.62. The lowest BCUT2D eigenvalue weighted by Crippen LogP contribution is -2.29. The van der Waals surface area contributed by atoms with Crippen molar-refractivity contribution in [1.82, 2.24) is 4.98 Å². The van der Waals surface area contributed by atoms with Crippen LogP contribution in [0, 0.1) is 5.92 Å². The fourth-order valence-corrected chi connectivity index (χ4v) is 1.26. The van der Waals surface area contributed by atoms with Crippen LogP contribution in [0.1, 0.15) is 24.3 Å². The molecule has 16 heavy (non-hydrogen) atoms. The van der Waals surface area contributed by atoms with E-state index in [1.54, 1.807) is 18.3 Å². The molecule has 0 aliphatic carbocycles. The van der Waals surface area contributed by atoms with Crippen molar-refractivity contribution in [2.24, 2.45) is 17.4 Å². The van der Waals surface area contributed by atoms with E-state index in [9.17, 15) is 4.79 Å².